The molecule has 0 aliphatic carbocycles. The van der Waals surface area contributed by atoms with Gasteiger partial charge in [-0.1, -0.05) is 116 Å². The van der Waals surface area contributed by atoms with E-state index in [1.807, 2.05) is 0 Å². The lowest BCUT2D eigenvalue weighted by Gasteiger charge is -2.16. The molecule has 1 heterocycles. The summed E-state index contributed by atoms with van der Waals surface area (Å²) in [5, 5.41) is 0. The molecule has 0 atom stereocenters. The average Bonchev–Trinajstić information content (AvgIpc) is 2.79. The summed E-state index contributed by atoms with van der Waals surface area (Å²) >= 11 is 0. The van der Waals surface area contributed by atoms with Gasteiger partial charge in [0.25, 0.3) is 0 Å². The van der Waals surface area contributed by atoms with Crippen LogP contribution in [-0.2, 0) is 23.2 Å². The first-order valence-corrected chi connectivity index (χ1v) is 14.4. The molecular weight excluding hydrogens is 399 g/mol. The summed E-state index contributed by atoms with van der Waals surface area (Å²) in [7, 11) is -3.56. The number of phosphoric ester groups is 1. The largest absolute Gasteiger partial charge is 0.502 e. The van der Waals surface area contributed by atoms with Crippen molar-refractivity contribution in [1.29, 1.82) is 0 Å². The second kappa shape index (κ2) is 20.9. The van der Waals surface area contributed by atoms with Crippen molar-refractivity contribution in [3.63, 3.8) is 0 Å². The van der Waals surface area contributed by atoms with Gasteiger partial charge in [-0.05, 0) is 19.3 Å². The summed E-state index contributed by atoms with van der Waals surface area (Å²) in [5.74, 6) is 0. The Morgan fingerprint density at radius 3 is 1.47 bits per heavy atom. The van der Waals surface area contributed by atoms with E-state index in [2.05, 4.69) is 6.92 Å². The molecule has 0 radical (unpaired) electrons. The van der Waals surface area contributed by atoms with Gasteiger partial charge in [0.1, 0.15) is 0 Å². The van der Waals surface area contributed by atoms with Crippen LogP contribution in [0.5, 0.6) is 0 Å². The van der Waals surface area contributed by atoms with Gasteiger partial charge in [0, 0.05) is 0 Å². The second-order valence-electron chi connectivity index (χ2n) is 8.73. The molecule has 0 amide bonds. The molecule has 1 saturated heterocycles. The van der Waals surface area contributed by atoms with Crippen LogP contribution in [0.15, 0.2) is 0 Å². The van der Waals surface area contributed by atoms with Crippen LogP contribution in [0.3, 0.4) is 0 Å². The van der Waals surface area contributed by atoms with Crippen molar-refractivity contribution in [3.05, 3.63) is 0 Å². The molecule has 0 aromatic carbocycles. The lowest BCUT2D eigenvalue weighted by molar-refractivity contribution is -0.227. The average molecular weight is 449 g/mol. The van der Waals surface area contributed by atoms with Crippen LogP contribution < -0.4 is 0 Å². The number of unbranched alkanes of at least 4 members (excludes halogenated alkanes) is 13. The van der Waals surface area contributed by atoms with E-state index in [0.29, 0.717) is 19.8 Å². The van der Waals surface area contributed by atoms with Gasteiger partial charge in [0.2, 0.25) is 0 Å². The van der Waals surface area contributed by atoms with E-state index in [9.17, 15) is 4.57 Å². The van der Waals surface area contributed by atoms with Crippen LogP contribution in [0.2, 0.25) is 0 Å². The maximum absolute atomic E-state index is 12.5. The second-order valence-corrected chi connectivity index (χ2v) is 10.3. The molecule has 0 saturated carbocycles. The topological polar surface area (TPSA) is 54.0 Å². The fourth-order valence-electron chi connectivity index (χ4n) is 3.80. The molecule has 1 rings (SSSR count). The first-order valence-electron chi connectivity index (χ1n) is 13.0. The molecule has 180 valence electrons. The Hall–Kier alpha value is 0.0700. The third-order valence-corrected chi connectivity index (χ3v) is 7.05. The Morgan fingerprint density at radius 1 is 0.600 bits per heavy atom. The van der Waals surface area contributed by atoms with Crippen LogP contribution in [0, 0.1) is 0 Å². The zero-order valence-electron chi connectivity index (χ0n) is 19.8. The lowest BCUT2D eigenvalue weighted by Crippen LogP contribution is -2.04. The molecule has 0 unspecified atom stereocenters. The molecule has 1 aliphatic heterocycles. The molecule has 6 heteroatoms. The minimum Gasteiger partial charge on any atom is -0.285 e. The van der Waals surface area contributed by atoms with Crippen molar-refractivity contribution in [3.8, 4) is 0 Å². The molecular formula is C24H49O5P. The summed E-state index contributed by atoms with van der Waals surface area (Å²) in [6.45, 7) is 3.52. The minimum absolute atomic E-state index is 0.402. The van der Waals surface area contributed by atoms with Crippen LogP contribution in [0.25, 0.3) is 0 Å². The van der Waals surface area contributed by atoms with Gasteiger partial charge in [-0.15, -0.1) is 4.67 Å². The Morgan fingerprint density at radius 2 is 1.00 bits per heavy atom. The quantitative estimate of drug-likeness (QED) is 0.0962. The molecule has 0 spiro atoms. The van der Waals surface area contributed by atoms with Gasteiger partial charge in [-0.3, -0.25) is 9.05 Å². The monoisotopic (exact) mass is 448 g/mol. The Balaban J connectivity index is 1.89. The summed E-state index contributed by atoms with van der Waals surface area (Å²) < 4.78 is 28.4. The van der Waals surface area contributed by atoms with Crippen LogP contribution in [0.1, 0.15) is 135 Å². The van der Waals surface area contributed by atoms with Gasteiger partial charge < -0.3 is 0 Å². The summed E-state index contributed by atoms with van der Waals surface area (Å²) in [4.78, 5) is 5.17. The van der Waals surface area contributed by atoms with Crippen molar-refractivity contribution < 1.29 is 23.2 Å². The highest BCUT2D eigenvalue weighted by Crippen LogP contribution is 2.50. The SMILES string of the molecule is CCCCCCCCCCCCCCCCOOP1(=O)OCCCCCCCCO1. The summed E-state index contributed by atoms with van der Waals surface area (Å²) in [6.07, 6.45) is 24.8. The van der Waals surface area contributed by atoms with Crippen molar-refractivity contribution in [2.75, 3.05) is 19.8 Å². The molecule has 1 fully saturated rings. The third kappa shape index (κ3) is 17.7. The van der Waals surface area contributed by atoms with Crippen LogP contribution in [-0.4, -0.2) is 19.8 Å². The fraction of sp³-hybridized carbons (Fsp3) is 1.00. The van der Waals surface area contributed by atoms with E-state index in [1.54, 1.807) is 0 Å². The van der Waals surface area contributed by atoms with Crippen molar-refractivity contribution in [2.45, 2.75) is 135 Å². The Labute approximate surface area is 186 Å². The standard InChI is InChI=1S/C24H49O5P/c1-2-3-4-5-6-7-8-9-10-11-12-13-16-19-22-26-29-30(25)27-23-20-17-14-15-18-21-24-28-30/h2-24H2,1H3. The highest BCUT2D eigenvalue weighted by molar-refractivity contribution is 7.48. The minimum atomic E-state index is -3.56. The zero-order chi connectivity index (χ0) is 21.6. The van der Waals surface area contributed by atoms with E-state index in [4.69, 9.17) is 18.6 Å². The van der Waals surface area contributed by atoms with Crippen molar-refractivity contribution >= 4 is 7.82 Å². The van der Waals surface area contributed by atoms with Crippen molar-refractivity contribution in [2.24, 2.45) is 0 Å². The van der Waals surface area contributed by atoms with Gasteiger partial charge in [0.15, 0.2) is 0 Å². The number of hydrogen-bond acceptors (Lipinski definition) is 5. The molecule has 0 aromatic rings. The third-order valence-electron chi connectivity index (χ3n) is 5.76. The molecule has 1 aliphatic rings. The van der Waals surface area contributed by atoms with Gasteiger partial charge in [-0.2, -0.15) is 0 Å². The lowest BCUT2D eigenvalue weighted by atomic mass is 10.0. The zero-order valence-corrected chi connectivity index (χ0v) is 20.6. The molecule has 0 N–H and O–H groups in total. The van der Waals surface area contributed by atoms with E-state index < -0.39 is 7.82 Å². The number of phosphoric acid groups is 1. The first kappa shape index (κ1) is 28.1. The summed E-state index contributed by atoms with van der Waals surface area (Å²) in [5.41, 5.74) is 0. The maximum atomic E-state index is 12.5. The predicted molar refractivity (Wildman–Crippen MR) is 125 cm³/mol. The highest BCUT2D eigenvalue weighted by Gasteiger charge is 2.28. The van der Waals surface area contributed by atoms with Crippen LogP contribution >= 0.6 is 7.82 Å². The van der Waals surface area contributed by atoms with Crippen molar-refractivity contribution in [1.82, 2.24) is 0 Å². The number of hydrogen-bond donors (Lipinski definition) is 0. The molecule has 0 aromatic heterocycles. The predicted octanol–water partition coefficient (Wildman–Crippen LogP) is 8.91. The van der Waals surface area contributed by atoms with E-state index in [-0.39, 0.29) is 0 Å². The molecule has 5 nitrogen and oxygen atoms in total. The van der Waals surface area contributed by atoms with E-state index in [1.165, 1.54) is 89.9 Å². The number of rotatable bonds is 17. The van der Waals surface area contributed by atoms with E-state index in [0.717, 1.165) is 38.5 Å². The first-order chi connectivity index (χ1) is 14.8. The molecule has 30 heavy (non-hydrogen) atoms. The Kier molecular flexibility index (Phi) is 19.6. The van der Waals surface area contributed by atoms with Gasteiger partial charge >= 0.3 is 7.82 Å². The molecule has 0 bridgehead atoms. The van der Waals surface area contributed by atoms with Crippen LogP contribution in [0.4, 0.5) is 0 Å². The van der Waals surface area contributed by atoms with Gasteiger partial charge in [0.05, 0.1) is 19.8 Å². The van der Waals surface area contributed by atoms with E-state index >= 15 is 0 Å². The summed E-state index contributed by atoms with van der Waals surface area (Å²) in [6, 6.07) is 0. The maximum Gasteiger partial charge on any atom is 0.502 e. The fourth-order valence-corrected chi connectivity index (χ4v) is 4.87. The normalized spacial score (nSPS) is 18.2. The smallest absolute Gasteiger partial charge is 0.285 e. The Bertz CT molecular complexity index is 389. The highest BCUT2D eigenvalue weighted by atomic mass is 31.2. The van der Waals surface area contributed by atoms with Gasteiger partial charge in [-0.25, -0.2) is 9.45 Å².